The van der Waals surface area contributed by atoms with Gasteiger partial charge >= 0.3 is 0 Å². The van der Waals surface area contributed by atoms with Crippen LogP contribution in [0.4, 0.5) is 0 Å². The summed E-state index contributed by atoms with van der Waals surface area (Å²) in [5, 5.41) is 20.5. The Labute approximate surface area is 236 Å². The van der Waals surface area contributed by atoms with Crippen molar-refractivity contribution in [1.82, 2.24) is 0 Å². The zero-order valence-electron chi connectivity index (χ0n) is 23.2. The first-order valence-electron chi connectivity index (χ1n) is 13.5. The smallest absolute Gasteiger partial charge is 0.161 e. The fourth-order valence-electron chi connectivity index (χ4n) is 4.75. The van der Waals surface area contributed by atoms with E-state index in [4.69, 9.17) is 18.9 Å². The molecule has 4 aromatic carbocycles. The first-order valence-corrected chi connectivity index (χ1v) is 13.5. The number of methoxy groups -OCH3 is 2. The second-order valence-electron chi connectivity index (χ2n) is 9.81. The van der Waals surface area contributed by atoms with Crippen LogP contribution >= 0.6 is 0 Å². The van der Waals surface area contributed by atoms with E-state index in [0.29, 0.717) is 49.1 Å². The number of rotatable bonds is 15. The quantitative estimate of drug-likeness (QED) is 0.196. The summed E-state index contributed by atoms with van der Waals surface area (Å²) in [5.41, 5.74) is 4.16. The van der Waals surface area contributed by atoms with Crippen LogP contribution in [0.5, 0.6) is 23.0 Å². The minimum atomic E-state index is -0.147. The van der Waals surface area contributed by atoms with Gasteiger partial charge in [0.2, 0.25) is 0 Å². The van der Waals surface area contributed by atoms with Gasteiger partial charge in [-0.25, -0.2) is 0 Å². The van der Waals surface area contributed by atoms with Crippen molar-refractivity contribution in [2.24, 2.45) is 11.8 Å². The number of hydrogen-bond acceptors (Lipinski definition) is 6. The van der Waals surface area contributed by atoms with E-state index in [-0.39, 0.29) is 25.0 Å². The van der Waals surface area contributed by atoms with E-state index >= 15 is 0 Å². The number of aliphatic hydroxyl groups is 2. The third kappa shape index (κ3) is 8.01. The van der Waals surface area contributed by atoms with Gasteiger partial charge in [0.1, 0.15) is 13.2 Å². The third-order valence-electron chi connectivity index (χ3n) is 7.06. The van der Waals surface area contributed by atoms with Crippen LogP contribution in [0.25, 0.3) is 0 Å². The molecule has 0 saturated carbocycles. The van der Waals surface area contributed by atoms with Crippen LogP contribution in [0.15, 0.2) is 97.1 Å². The zero-order valence-corrected chi connectivity index (χ0v) is 23.2. The SMILES string of the molecule is COc1cc(CC(CO)C(CO)Cc2ccc(OCc3ccccc3)c(OC)c2)ccc1OCc1ccccc1. The Hall–Kier alpha value is -4.00. The Balaban J connectivity index is 1.40. The van der Waals surface area contributed by atoms with Crippen LogP contribution in [-0.4, -0.2) is 37.6 Å². The van der Waals surface area contributed by atoms with Gasteiger partial charge < -0.3 is 29.2 Å². The van der Waals surface area contributed by atoms with E-state index in [1.165, 1.54) is 0 Å². The second-order valence-corrected chi connectivity index (χ2v) is 9.81. The molecule has 0 radical (unpaired) electrons. The maximum Gasteiger partial charge on any atom is 0.161 e. The molecule has 2 unspecified atom stereocenters. The Bertz CT molecular complexity index is 1210. The highest BCUT2D eigenvalue weighted by Crippen LogP contribution is 2.33. The van der Waals surface area contributed by atoms with Crippen LogP contribution in [-0.2, 0) is 26.1 Å². The summed E-state index contributed by atoms with van der Waals surface area (Å²) in [5.74, 6) is 2.31. The van der Waals surface area contributed by atoms with E-state index in [2.05, 4.69) is 0 Å². The molecule has 40 heavy (non-hydrogen) atoms. The van der Waals surface area contributed by atoms with Crippen LogP contribution in [0, 0.1) is 11.8 Å². The summed E-state index contributed by atoms with van der Waals surface area (Å²) in [6.45, 7) is 0.800. The first kappa shape index (κ1) is 29.0. The molecular formula is C34H38O6. The normalized spacial score (nSPS) is 12.4. The molecule has 0 spiro atoms. The average molecular weight is 543 g/mol. The summed E-state index contributed by atoms with van der Waals surface area (Å²) in [6.07, 6.45) is 1.18. The summed E-state index contributed by atoms with van der Waals surface area (Å²) in [7, 11) is 3.24. The Morgan fingerprint density at radius 1 is 0.500 bits per heavy atom. The third-order valence-corrected chi connectivity index (χ3v) is 7.06. The minimum Gasteiger partial charge on any atom is -0.493 e. The predicted octanol–water partition coefficient (Wildman–Crippen LogP) is 5.86. The molecule has 0 fully saturated rings. The molecule has 0 amide bonds. The van der Waals surface area contributed by atoms with Crippen molar-refractivity contribution in [2.75, 3.05) is 27.4 Å². The molecule has 0 aliphatic rings. The number of hydrogen-bond donors (Lipinski definition) is 2. The van der Waals surface area contributed by atoms with Crippen molar-refractivity contribution < 1.29 is 29.2 Å². The van der Waals surface area contributed by atoms with Crippen molar-refractivity contribution in [1.29, 1.82) is 0 Å². The molecule has 2 N–H and O–H groups in total. The van der Waals surface area contributed by atoms with Gasteiger partial charge in [0, 0.05) is 13.2 Å². The molecule has 0 aliphatic heterocycles. The van der Waals surface area contributed by atoms with Crippen LogP contribution in [0.3, 0.4) is 0 Å². The Morgan fingerprint density at radius 3 is 1.25 bits per heavy atom. The molecule has 0 saturated heterocycles. The molecule has 0 aliphatic carbocycles. The van der Waals surface area contributed by atoms with Crippen molar-refractivity contribution in [3.63, 3.8) is 0 Å². The standard InChI is InChI=1S/C34H38O6/c1-37-33-19-27(13-15-31(33)39-23-25-9-5-3-6-10-25)17-29(21-35)30(22-36)18-28-14-16-32(34(20-28)38-2)40-24-26-11-7-4-8-12-26/h3-16,19-20,29-30,35-36H,17-18,21-24H2,1-2H3. The first-order chi connectivity index (χ1) is 19.6. The fraction of sp³-hybridized carbons (Fsp3) is 0.294. The zero-order chi connectivity index (χ0) is 28.2. The Kier molecular flexibility index (Phi) is 10.8. The van der Waals surface area contributed by atoms with Crippen molar-refractivity contribution in [2.45, 2.75) is 26.1 Å². The topological polar surface area (TPSA) is 77.4 Å². The van der Waals surface area contributed by atoms with Crippen LogP contribution in [0.1, 0.15) is 22.3 Å². The highest BCUT2D eigenvalue weighted by molar-refractivity contribution is 5.44. The van der Waals surface area contributed by atoms with Gasteiger partial charge in [-0.15, -0.1) is 0 Å². The largest absolute Gasteiger partial charge is 0.493 e. The van der Waals surface area contributed by atoms with Crippen molar-refractivity contribution >= 4 is 0 Å². The molecule has 2 atom stereocenters. The highest BCUT2D eigenvalue weighted by atomic mass is 16.5. The van der Waals surface area contributed by atoms with Gasteiger partial charge in [0.05, 0.1) is 14.2 Å². The molecule has 0 heterocycles. The lowest BCUT2D eigenvalue weighted by Gasteiger charge is -2.25. The summed E-state index contributed by atoms with van der Waals surface area (Å²) in [6, 6.07) is 31.6. The maximum atomic E-state index is 10.3. The van der Waals surface area contributed by atoms with Gasteiger partial charge in [-0.2, -0.15) is 0 Å². The van der Waals surface area contributed by atoms with E-state index in [1.807, 2.05) is 97.1 Å². The molecule has 0 aromatic heterocycles. The predicted molar refractivity (Wildman–Crippen MR) is 156 cm³/mol. The maximum absolute atomic E-state index is 10.3. The van der Waals surface area contributed by atoms with E-state index in [0.717, 1.165) is 22.3 Å². The lowest BCUT2D eigenvalue weighted by atomic mass is 9.83. The highest BCUT2D eigenvalue weighted by Gasteiger charge is 2.23. The number of ether oxygens (including phenoxy) is 4. The van der Waals surface area contributed by atoms with Crippen molar-refractivity contribution in [3.8, 4) is 23.0 Å². The number of aliphatic hydroxyl groups excluding tert-OH is 2. The monoisotopic (exact) mass is 542 g/mol. The minimum absolute atomic E-state index is 0.0464. The van der Waals surface area contributed by atoms with Gasteiger partial charge in [-0.05, 0) is 71.2 Å². The molecule has 0 bridgehead atoms. The average Bonchev–Trinajstić information content (AvgIpc) is 3.02. The molecule has 210 valence electrons. The molecular weight excluding hydrogens is 504 g/mol. The molecule has 4 rings (SSSR count). The molecule has 6 heteroatoms. The van der Waals surface area contributed by atoms with Gasteiger partial charge in [0.15, 0.2) is 23.0 Å². The lowest BCUT2D eigenvalue weighted by molar-refractivity contribution is 0.119. The van der Waals surface area contributed by atoms with E-state index in [9.17, 15) is 10.2 Å². The van der Waals surface area contributed by atoms with Gasteiger partial charge in [0.25, 0.3) is 0 Å². The van der Waals surface area contributed by atoms with Crippen LogP contribution < -0.4 is 18.9 Å². The van der Waals surface area contributed by atoms with Gasteiger partial charge in [-0.1, -0.05) is 72.8 Å². The fourth-order valence-corrected chi connectivity index (χ4v) is 4.75. The molecule has 4 aromatic rings. The summed E-state index contributed by atoms with van der Waals surface area (Å²) in [4.78, 5) is 0. The van der Waals surface area contributed by atoms with Gasteiger partial charge in [-0.3, -0.25) is 0 Å². The van der Waals surface area contributed by atoms with Crippen molar-refractivity contribution in [3.05, 3.63) is 119 Å². The number of benzene rings is 4. The summed E-state index contributed by atoms with van der Waals surface area (Å²) < 4.78 is 23.2. The van der Waals surface area contributed by atoms with Crippen LogP contribution in [0.2, 0.25) is 0 Å². The summed E-state index contributed by atoms with van der Waals surface area (Å²) >= 11 is 0. The van der Waals surface area contributed by atoms with E-state index in [1.54, 1.807) is 14.2 Å². The molecule has 6 nitrogen and oxygen atoms in total. The van der Waals surface area contributed by atoms with E-state index < -0.39 is 0 Å². The lowest BCUT2D eigenvalue weighted by Crippen LogP contribution is -2.26. The second kappa shape index (κ2) is 15.0. The Morgan fingerprint density at radius 2 is 0.900 bits per heavy atom.